The lowest BCUT2D eigenvalue weighted by Gasteiger charge is -2.26. The molecule has 2 aliphatic rings. The van der Waals surface area contributed by atoms with Crippen LogP contribution >= 0.6 is 0 Å². The predicted octanol–water partition coefficient (Wildman–Crippen LogP) is 2.31. The molecule has 0 bridgehead atoms. The summed E-state index contributed by atoms with van der Waals surface area (Å²) in [5.41, 5.74) is 0. The van der Waals surface area contributed by atoms with Gasteiger partial charge in [0.1, 0.15) is 0 Å². The van der Waals surface area contributed by atoms with Crippen molar-refractivity contribution in [2.75, 3.05) is 0 Å². The fraction of sp³-hybridized carbons (Fsp3) is 1.00. The first kappa shape index (κ1) is 11.4. The van der Waals surface area contributed by atoms with Crippen LogP contribution in [0, 0.1) is 11.8 Å². The molecule has 0 spiro atoms. The van der Waals surface area contributed by atoms with Crippen molar-refractivity contribution in [1.82, 2.24) is 5.32 Å². The van der Waals surface area contributed by atoms with Gasteiger partial charge in [-0.3, -0.25) is 0 Å². The van der Waals surface area contributed by atoms with Gasteiger partial charge >= 0.3 is 0 Å². The van der Waals surface area contributed by atoms with Crippen molar-refractivity contribution in [1.29, 1.82) is 0 Å². The SMILES string of the molecule is CCC1CCC(N[C@@H]2CCC[C@H]2O)C1C. The Balaban J connectivity index is 1.85. The van der Waals surface area contributed by atoms with E-state index in [1.54, 1.807) is 0 Å². The van der Waals surface area contributed by atoms with Crippen LogP contribution in [0.2, 0.25) is 0 Å². The normalized spacial score (nSPS) is 46.2. The molecular weight excluding hydrogens is 186 g/mol. The van der Waals surface area contributed by atoms with Crippen LogP contribution in [0.25, 0.3) is 0 Å². The van der Waals surface area contributed by atoms with Crippen molar-refractivity contribution < 1.29 is 5.11 Å². The summed E-state index contributed by atoms with van der Waals surface area (Å²) in [6.07, 6.45) is 7.26. The lowest BCUT2D eigenvalue weighted by atomic mass is 9.93. The third kappa shape index (κ3) is 2.36. The van der Waals surface area contributed by atoms with Crippen LogP contribution in [0.5, 0.6) is 0 Å². The first-order valence-corrected chi connectivity index (χ1v) is 6.66. The van der Waals surface area contributed by atoms with E-state index < -0.39 is 0 Å². The zero-order chi connectivity index (χ0) is 10.8. The number of hydrogen-bond donors (Lipinski definition) is 2. The topological polar surface area (TPSA) is 32.3 Å². The van der Waals surface area contributed by atoms with E-state index >= 15 is 0 Å². The van der Waals surface area contributed by atoms with Crippen molar-refractivity contribution in [2.24, 2.45) is 11.8 Å². The molecule has 5 atom stereocenters. The molecule has 0 aromatic rings. The van der Waals surface area contributed by atoms with Gasteiger partial charge in [-0.2, -0.15) is 0 Å². The minimum Gasteiger partial charge on any atom is -0.392 e. The Hall–Kier alpha value is -0.0800. The van der Waals surface area contributed by atoms with Crippen LogP contribution in [0.15, 0.2) is 0 Å². The summed E-state index contributed by atoms with van der Waals surface area (Å²) < 4.78 is 0. The number of hydrogen-bond acceptors (Lipinski definition) is 2. The second kappa shape index (κ2) is 4.84. The Bertz CT molecular complexity index is 207. The summed E-state index contributed by atoms with van der Waals surface area (Å²) in [6, 6.07) is 1.04. The second-order valence-corrected chi connectivity index (χ2v) is 5.48. The highest BCUT2D eigenvalue weighted by molar-refractivity contribution is 4.92. The third-order valence-electron chi connectivity index (χ3n) is 4.66. The Labute approximate surface area is 93.5 Å². The van der Waals surface area contributed by atoms with Crippen molar-refractivity contribution in [3.63, 3.8) is 0 Å². The van der Waals surface area contributed by atoms with Gasteiger partial charge in [0.2, 0.25) is 0 Å². The van der Waals surface area contributed by atoms with Gasteiger partial charge in [0.15, 0.2) is 0 Å². The zero-order valence-electron chi connectivity index (χ0n) is 10.1. The van der Waals surface area contributed by atoms with Gasteiger partial charge in [-0.05, 0) is 43.9 Å². The summed E-state index contributed by atoms with van der Waals surface area (Å²) in [5.74, 6) is 1.70. The van der Waals surface area contributed by atoms with Crippen LogP contribution in [-0.4, -0.2) is 23.3 Å². The quantitative estimate of drug-likeness (QED) is 0.751. The largest absolute Gasteiger partial charge is 0.392 e. The molecule has 2 N–H and O–H groups in total. The van der Waals surface area contributed by atoms with Gasteiger partial charge in [0, 0.05) is 12.1 Å². The fourth-order valence-electron chi connectivity index (χ4n) is 3.47. The zero-order valence-corrected chi connectivity index (χ0v) is 10.1. The van der Waals surface area contributed by atoms with Crippen molar-refractivity contribution in [2.45, 2.75) is 70.6 Å². The molecule has 2 heteroatoms. The molecular formula is C13H25NO. The van der Waals surface area contributed by atoms with E-state index in [1.165, 1.54) is 32.1 Å². The number of aliphatic hydroxyl groups is 1. The van der Waals surface area contributed by atoms with Gasteiger partial charge in [-0.1, -0.05) is 20.3 Å². The minimum absolute atomic E-state index is 0.0853. The molecule has 0 radical (unpaired) electrons. The molecule has 0 amide bonds. The Morgan fingerprint density at radius 1 is 1.13 bits per heavy atom. The number of aliphatic hydroxyl groups excluding tert-OH is 1. The molecule has 2 rings (SSSR count). The average Bonchev–Trinajstić information content (AvgIpc) is 2.77. The second-order valence-electron chi connectivity index (χ2n) is 5.48. The minimum atomic E-state index is -0.0853. The van der Waals surface area contributed by atoms with Crippen LogP contribution < -0.4 is 5.32 Å². The molecule has 3 unspecified atom stereocenters. The van der Waals surface area contributed by atoms with Gasteiger partial charge in [-0.15, -0.1) is 0 Å². The molecule has 15 heavy (non-hydrogen) atoms. The number of rotatable bonds is 3. The first-order chi connectivity index (χ1) is 7.22. The smallest absolute Gasteiger partial charge is 0.0693 e. The summed E-state index contributed by atoms with van der Waals surface area (Å²) in [4.78, 5) is 0. The maximum absolute atomic E-state index is 9.80. The molecule has 0 heterocycles. The van der Waals surface area contributed by atoms with Crippen LogP contribution in [0.3, 0.4) is 0 Å². The van der Waals surface area contributed by atoms with Crippen LogP contribution in [-0.2, 0) is 0 Å². The molecule has 0 aromatic heterocycles. The van der Waals surface area contributed by atoms with Crippen LogP contribution in [0.1, 0.15) is 52.4 Å². The third-order valence-corrected chi connectivity index (χ3v) is 4.66. The maximum Gasteiger partial charge on any atom is 0.0693 e. The molecule has 2 fully saturated rings. The summed E-state index contributed by atoms with van der Waals surface area (Å²) in [5, 5.41) is 13.5. The summed E-state index contributed by atoms with van der Waals surface area (Å²) in [6.45, 7) is 4.67. The van der Waals surface area contributed by atoms with Gasteiger partial charge in [-0.25, -0.2) is 0 Å². The standard InChI is InChI=1S/C13H25NO/c1-3-10-7-8-11(9(10)2)14-12-5-4-6-13(12)15/h9-15H,3-8H2,1-2H3/t9?,10?,11?,12-,13-/m1/s1. The highest BCUT2D eigenvalue weighted by atomic mass is 16.3. The molecule has 2 saturated carbocycles. The number of nitrogens with one attached hydrogen (secondary N) is 1. The van der Waals surface area contributed by atoms with E-state index in [0.29, 0.717) is 12.1 Å². The van der Waals surface area contributed by atoms with E-state index in [4.69, 9.17) is 0 Å². The van der Waals surface area contributed by atoms with E-state index in [1.807, 2.05) is 0 Å². The molecule has 0 aromatic carbocycles. The van der Waals surface area contributed by atoms with Crippen molar-refractivity contribution in [3.8, 4) is 0 Å². The van der Waals surface area contributed by atoms with Crippen molar-refractivity contribution in [3.05, 3.63) is 0 Å². The van der Waals surface area contributed by atoms with E-state index in [-0.39, 0.29) is 6.10 Å². The van der Waals surface area contributed by atoms with E-state index in [2.05, 4.69) is 19.2 Å². The fourth-order valence-corrected chi connectivity index (χ4v) is 3.47. The summed E-state index contributed by atoms with van der Waals surface area (Å²) >= 11 is 0. The van der Waals surface area contributed by atoms with Crippen LogP contribution in [0.4, 0.5) is 0 Å². The predicted molar refractivity (Wildman–Crippen MR) is 62.7 cm³/mol. The lowest BCUT2D eigenvalue weighted by Crippen LogP contribution is -2.44. The molecule has 0 saturated heterocycles. The molecule has 88 valence electrons. The maximum atomic E-state index is 9.80. The highest BCUT2D eigenvalue weighted by Crippen LogP contribution is 2.35. The van der Waals surface area contributed by atoms with E-state index in [9.17, 15) is 5.11 Å². The van der Waals surface area contributed by atoms with Gasteiger partial charge in [0.25, 0.3) is 0 Å². The van der Waals surface area contributed by atoms with Crippen molar-refractivity contribution >= 4 is 0 Å². The Kier molecular flexibility index (Phi) is 3.68. The average molecular weight is 211 g/mol. The highest BCUT2D eigenvalue weighted by Gasteiger charge is 2.35. The lowest BCUT2D eigenvalue weighted by molar-refractivity contribution is 0.138. The van der Waals surface area contributed by atoms with E-state index in [0.717, 1.165) is 18.3 Å². The summed E-state index contributed by atoms with van der Waals surface area (Å²) in [7, 11) is 0. The Morgan fingerprint density at radius 2 is 1.93 bits per heavy atom. The molecule has 0 aliphatic heterocycles. The Morgan fingerprint density at radius 3 is 2.47 bits per heavy atom. The van der Waals surface area contributed by atoms with Gasteiger partial charge in [0.05, 0.1) is 6.10 Å². The van der Waals surface area contributed by atoms with Gasteiger partial charge < -0.3 is 10.4 Å². The monoisotopic (exact) mass is 211 g/mol. The molecule has 2 nitrogen and oxygen atoms in total. The molecule has 2 aliphatic carbocycles. The first-order valence-electron chi connectivity index (χ1n) is 6.66.